The van der Waals surface area contributed by atoms with E-state index in [-0.39, 0.29) is 0 Å². The Morgan fingerprint density at radius 1 is 1.18 bits per heavy atom. The van der Waals surface area contributed by atoms with Crippen LogP contribution in [0.3, 0.4) is 0 Å². The molecule has 22 heavy (non-hydrogen) atoms. The minimum atomic E-state index is 0.879. The third-order valence-electron chi connectivity index (χ3n) is 4.17. The molecular weight excluding hydrogens is 288 g/mol. The number of hydrogen-bond donors (Lipinski definition) is 1. The van der Waals surface area contributed by atoms with Gasteiger partial charge in [0.15, 0.2) is 0 Å². The molecule has 0 atom stereocenters. The molecule has 2 nitrogen and oxygen atoms in total. The maximum absolute atomic E-state index is 4.54. The van der Waals surface area contributed by atoms with Crippen LogP contribution in [-0.2, 0) is 6.54 Å². The zero-order valence-corrected chi connectivity index (χ0v) is 14.1. The lowest BCUT2D eigenvalue weighted by atomic mass is 9.97. The molecule has 1 N–H and O–H groups in total. The summed E-state index contributed by atoms with van der Waals surface area (Å²) in [4.78, 5) is 5.80. The lowest BCUT2D eigenvalue weighted by Crippen LogP contribution is -2.15. The van der Waals surface area contributed by atoms with Crippen LogP contribution in [0.1, 0.15) is 42.7 Å². The Bertz CT molecular complexity index is 625. The van der Waals surface area contributed by atoms with Crippen molar-refractivity contribution >= 4 is 11.3 Å². The summed E-state index contributed by atoms with van der Waals surface area (Å²) in [5.41, 5.74) is 4.20. The van der Waals surface area contributed by atoms with Crippen molar-refractivity contribution in [3.63, 3.8) is 0 Å². The van der Waals surface area contributed by atoms with Crippen LogP contribution in [0, 0.1) is 6.92 Å². The minimum absolute atomic E-state index is 0.879. The SMILES string of the molecule is Cc1ccc(-c2cnc(CNCCC3=CCCCC3)s2)cc1. The van der Waals surface area contributed by atoms with Crippen LogP contribution < -0.4 is 5.32 Å². The second kappa shape index (κ2) is 7.70. The predicted molar refractivity (Wildman–Crippen MR) is 95.2 cm³/mol. The third-order valence-corrected chi connectivity index (χ3v) is 5.22. The van der Waals surface area contributed by atoms with Crippen molar-refractivity contribution in [2.75, 3.05) is 6.54 Å². The number of allylic oxidation sites excluding steroid dienone is 1. The standard InChI is InChI=1S/C19H24N2S/c1-15-7-9-17(10-8-15)18-13-21-19(22-18)14-20-12-11-16-5-3-2-4-6-16/h5,7-10,13,20H,2-4,6,11-12,14H2,1H3. The van der Waals surface area contributed by atoms with E-state index in [1.165, 1.54) is 53.1 Å². The summed E-state index contributed by atoms with van der Waals surface area (Å²) in [7, 11) is 0. The highest BCUT2D eigenvalue weighted by atomic mass is 32.1. The van der Waals surface area contributed by atoms with E-state index in [9.17, 15) is 0 Å². The molecule has 1 heterocycles. The first-order valence-corrected chi connectivity index (χ1v) is 9.03. The van der Waals surface area contributed by atoms with Crippen LogP contribution in [0.2, 0.25) is 0 Å². The smallest absolute Gasteiger partial charge is 0.107 e. The second-order valence-electron chi connectivity index (χ2n) is 6.02. The third kappa shape index (κ3) is 4.28. The molecule has 1 aliphatic carbocycles. The molecule has 116 valence electrons. The Hall–Kier alpha value is -1.45. The number of benzene rings is 1. The molecule has 1 aromatic heterocycles. The van der Waals surface area contributed by atoms with Gasteiger partial charge in [-0.3, -0.25) is 0 Å². The molecule has 0 unspecified atom stereocenters. The highest BCUT2D eigenvalue weighted by Crippen LogP contribution is 2.26. The summed E-state index contributed by atoms with van der Waals surface area (Å²) in [6, 6.07) is 8.67. The van der Waals surface area contributed by atoms with Gasteiger partial charge in [0.1, 0.15) is 5.01 Å². The van der Waals surface area contributed by atoms with Gasteiger partial charge in [-0.2, -0.15) is 0 Å². The van der Waals surface area contributed by atoms with Crippen molar-refractivity contribution < 1.29 is 0 Å². The van der Waals surface area contributed by atoms with Gasteiger partial charge in [-0.1, -0.05) is 41.5 Å². The van der Waals surface area contributed by atoms with Crippen LogP contribution in [-0.4, -0.2) is 11.5 Å². The first kappa shape index (κ1) is 15.4. The average Bonchev–Trinajstić information content (AvgIpc) is 3.02. The summed E-state index contributed by atoms with van der Waals surface area (Å²) >= 11 is 1.79. The number of hydrogen-bond acceptors (Lipinski definition) is 3. The quantitative estimate of drug-likeness (QED) is 0.593. The van der Waals surface area contributed by atoms with Crippen LogP contribution in [0.15, 0.2) is 42.1 Å². The molecule has 1 aromatic carbocycles. The van der Waals surface area contributed by atoms with Crippen LogP contribution in [0.5, 0.6) is 0 Å². The Balaban J connectivity index is 1.47. The Kier molecular flexibility index (Phi) is 5.41. The van der Waals surface area contributed by atoms with Crippen LogP contribution >= 0.6 is 11.3 Å². The molecule has 3 heteroatoms. The van der Waals surface area contributed by atoms with E-state index in [1.807, 2.05) is 6.20 Å². The highest BCUT2D eigenvalue weighted by molar-refractivity contribution is 7.15. The van der Waals surface area contributed by atoms with Crippen molar-refractivity contribution in [3.8, 4) is 10.4 Å². The molecule has 0 amide bonds. The van der Waals surface area contributed by atoms with Gasteiger partial charge >= 0.3 is 0 Å². The molecule has 0 saturated heterocycles. The topological polar surface area (TPSA) is 24.9 Å². The summed E-state index contributed by atoms with van der Waals surface area (Å²) in [5.74, 6) is 0. The fourth-order valence-electron chi connectivity index (χ4n) is 2.82. The summed E-state index contributed by atoms with van der Waals surface area (Å²) in [5, 5.41) is 4.70. The van der Waals surface area contributed by atoms with E-state index in [2.05, 4.69) is 47.6 Å². The van der Waals surface area contributed by atoms with Gasteiger partial charge in [0.05, 0.1) is 4.88 Å². The Morgan fingerprint density at radius 3 is 2.82 bits per heavy atom. The maximum atomic E-state index is 4.54. The normalized spacial score (nSPS) is 14.9. The van der Waals surface area contributed by atoms with Gasteiger partial charge in [-0.05, 0) is 51.1 Å². The second-order valence-corrected chi connectivity index (χ2v) is 7.13. The number of aromatic nitrogens is 1. The molecule has 3 rings (SSSR count). The fourth-order valence-corrected chi connectivity index (χ4v) is 3.71. The molecular formula is C19H24N2S. The van der Waals surface area contributed by atoms with Gasteiger partial charge in [-0.15, -0.1) is 11.3 Å². The molecule has 0 fully saturated rings. The van der Waals surface area contributed by atoms with Crippen molar-refractivity contribution in [3.05, 3.63) is 52.7 Å². The van der Waals surface area contributed by atoms with Gasteiger partial charge in [-0.25, -0.2) is 4.98 Å². The molecule has 1 aliphatic rings. The summed E-state index contributed by atoms with van der Waals surface area (Å²) in [6.45, 7) is 4.06. The molecule has 0 spiro atoms. The lowest BCUT2D eigenvalue weighted by molar-refractivity contribution is 0.631. The summed E-state index contributed by atoms with van der Waals surface area (Å²) in [6.07, 6.45) is 10.9. The number of rotatable bonds is 6. The van der Waals surface area contributed by atoms with Gasteiger partial charge in [0.25, 0.3) is 0 Å². The largest absolute Gasteiger partial charge is 0.310 e. The number of aryl methyl sites for hydroxylation is 1. The highest BCUT2D eigenvalue weighted by Gasteiger charge is 2.05. The van der Waals surface area contributed by atoms with Gasteiger partial charge in [0, 0.05) is 12.7 Å². The first-order valence-electron chi connectivity index (χ1n) is 8.21. The maximum Gasteiger partial charge on any atom is 0.107 e. The Labute approximate surface area is 137 Å². The Morgan fingerprint density at radius 2 is 2.05 bits per heavy atom. The van der Waals surface area contributed by atoms with E-state index in [0.717, 1.165) is 13.1 Å². The molecule has 0 aliphatic heterocycles. The molecule has 0 saturated carbocycles. The van der Waals surface area contributed by atoms with E-state index >= 15 is 0 Å². The lowest BCUT2D eigenvalue weighted by Gasteiger charge is -2.12. The van der Waals surface area contributed by atoms with Crippen LogP contribution in [0.25, 0.3) is 10.4 Å². The summed E-state index contributed by atoms with van der Waals surface area (Å²) < 4.78 is 0. The minimum Gasteiger partial charge on any atom is -0.310 e. The van der Waals surface area contributed by atoms with E-state index < -0.39 is 0 Å². The van der Waals surface area contributed by atoms with Crippen molar-refractivity contribution in [2.45, 2.75) is 45.6 Å². The first-order chi connectivity index (χ1) is 10.8. The van der Waals surface area contributed by atoms with E-state index in [0.29, 0.717) is 0 Å². The van der Waals surface area contributed by atoms with E-state index in [1.54, 1.807) is 16.9 Å². The number of thiazole rings is 1. The zero-order valence-electron chi connectivity index (χ0n) is 13.3. The average molecular weight is 312 g/mol. The van der Waals surface area contributed by atoms with Crippen molar-refractivity contribution in [1.29, 1.82) is 0 Å². The van der Waals surface area contributed by atoms with Gasteiger partial charge in [0.2, 0.25) is 0 Å². The fraction of sp³-hybridized carbons (Fsp3) is 0.421. The van der Waals surface area contributed by atoms with Gasteiger partial charge < -0.3 is 5.32 Å². The van der Waals surface area contributed by atoms with Crippen molar-refractivity contribution in [1.82, 2.24) is 10.3 Å². The van der Waals surface area contributed by atoms with Crippen molar-refractivity contribution in [2.24, 2.45) is 0 Å². The molecule has 0 bridgehead atoms. The molecule has 2 aromatic rings. The van der Waals surface area contributed by atoms with E-state index in [4.69, 9.17) is 0 Å². The molecule has 0 radical (unpaired) electrons. The monoisotopic (exact) mass is 312 g/mol. The number of nitrogens with zero attached hydrogens (tertiary/aromatic N) is 1. The number of nitrogens with one attached hydrogen (secondary N) is 1. The predicted octanol–water partition coefficient (Wildman–Crippen LogP) is 5.10. The zero-order chi connectivity index (χ0) is 15.2. The van der Waals surface area contributed by atoms with Crippen LogP contribution in [0.4, 0.5) is 0 Å².